The van der Waals surface area contributed by atoms with Crippen LogP contribution >= 0.6 is 0 Å². The molecule has 2 N–H and O–H groups in total. The predicted molar refractivity (Wildman–Crippen MR) is 50.7 cm³/mol. The van der Waals surface area contributed by atoms with Crippen molar-refractivity contribution in [2.45, 2.75) is 31.2 Å². The Morgan fingerprint density at radius 3 is 2.86 bits per heavy atom. The van der Waals surface area contributed by atoms with E-state index in [4.69, 9.17) is 5.73 Å². The number of ketones is 1. The Kier molecular flexibility index (Phi) is 2.11. The minimum atomic E-state index is -0.275. The Morgan fingerprint density at radius 1 is 1.71 bits per heavy atom. The van der Waals surface area contributed by atoms with Crippen molar-refractivity contribution in [1.29, 1.82) is 0 Å². The van der Waals surface area contributed by atoms with Crippen LogP contribution in [0.1, 0.15) is 36.3 Å². The first-order valence-corrected chi connectivity index (χ1v) is 4.77. The van der Waals surface area contributed by atoms with E-state index in [-0.39, 0.29) is 11.3 Å². The molecule has 1 heterocycles. The van der Waals surface area contributed by atoms with E-state index in [0.717, 1.165) is 19.3 Å². The summed E-state index contributed by atoms with van der Waals surface area (Å²) in [7, 11) is 1.76. The largest absolute Gasteiger partial charge is 0.325 e. The van der Waals surface area contributed by atoms with E-state index in [9.17, 15) is 4.79 Å². The molecule has 1 aromatic heterocycles. The van der Waals surface area contributed by atoms with Gasteiger partial charge in [-0.15, -0.1) is 10.2 Å². The van der Waals surface area contributed by atoms with Crippen molar-refractivity contribution in [2.24, 2.45) is 12.8 Å². The Morgan fingerprint density at radius 2 is 2.43 bits per heavy atom. The van der Waals surface area contributed by atoms with Crippen LogP contribution in [-0.4, -0.2) is 26.1 Å². The highest BCUT2D eigenvalue weighted by atomic mass is 16.1. The molecular weight excluding hydrogens is 180 g/mol. The zero-order valence-electron chi connectivity index (χ0n) is 8.23. The lowest BCUT2D eigenvalue weighted by Crippen LogP contribution is -2.48. The quantitative estimate of drug-likeness (QED) is 0.701. The van der Waals surface area contributed by atoms with Gasteiger partial charge in [0.1, 0.15) is 6.33 Å². The van der Waals surface area contributed by atoms with E-state index >= 15 is 0 Å². The zero-order chi connectivity index (χ0) is 10.2. The van der Waals surface area contributed by atoms with E-state index in [0.29, 0.717) is 12.2 Å². The van der Waals surface area contributed by atoms with Gasteiger partial charge in [-0.25, -0.2) is 0 Å². The average Bonchev–Trinajstić information content (AvgIpc) is 2.48. The molecule has 1 saturated carbocycles. The lowest BCUT2D eigenvalue weighted by atomic mass is 9.74. The Hall–Kier alpha value is -1.23. The number of nitrogens with two attached hydrogens (primary N) is 1. The molecular formula is C9H14N4O. The number of Topliss-reactive ketones (excluding diaryl/α,β-unsaturated/α-hetero) is 1. The third-order valence-corrected chi connectivity index (χ3v) is 2.82. The first kappa shape index (κ1) is 9.33. The number of carbonyl (C=O) groups excluding carboxylic acids is 1. The monoisotopic (exact) mass is 194 g/mol. The van der Waals surface area contributed by atoms with Crippen molar-refractivity contribution in [3.63, 3.8) is 0 Å². The minimum absolute atomic E-state index is 0.00722. The van der Waals surface area contributed by atoms with Gasteiger partial charge in [-0.3, -0.25) is 4.79 Å². The molecule has 14 heavy (non-hydrogen) atoms. The maximum absolute atomic E-state index is 11.7. The second kappa shape index (κ2) is 3.16. The van der Waals surface area contributed by atoms with E-state index in [1.807, 2.05) is 0 Å². The fourth-order valence-corrected chi connectivity index (χ4v) is 1.74. The molecule has 0 atom stereocenters. The van der Waals surface area contributed by atoms with Crippen molar-refractivity contribution >= 4 is 5.78 Å². The molecule has 5 heteroatoms. The molecule has 0 bridgehead atoms. The van der Waals surface area contributed by atoms with Crippen LogP contribution in [0.25, 0.3) is 0 Å². The summed E-state index contributed by atoms with van der Waals surface area (Å²) in [5.41, 5.74) is 5.71. The Labute approximate surface area is 82.3 Å². The van der Waals surface area contributed by atoms with Crippen LogP contribution in [0, 0.1) is 0 Å². The topological polar surface area (TPSA) is 73.8 Å². The maximum Gasteiger partial charge on any atom is 0.202 e. The number of rotatable bonds is 3. The molecule has 0 saturated heterocycles. The van der Waals surface area contributed by atoms with Gasteiger partial charge < -0.3 is 10.3 Å². The summed E-state index contributed by atoms with van der Waals surface area (Å²) in [5.74, 6) is 0.397. The van der Waals surface area contributed by atoms with Crippen LogP contribution in [0.3, 0.4) is 0 Å². The van der Waals surface area contributed by atoms with Crippen LogP contribution in [-0.2, 0) is 7.05 Å². The van der Waals surface area contributed by atoms with Crippen molar-refractivity contribution < 1.29 is 4.79 Å². The van der Waals surface area contributed by atoms with Gasteiger partial charge in [0, 0.05) is 19.0 Å². The van der Waals surface area contributed by atoms with Gasteiger partial charge in [0.15, 0.2) is 5.82 Å². The predicted octanol–water partition coefficient (Wildman–Crippen LogP) is 0.269. The molecule has 1 aliphatic rings. The van der Waals surface area contributed by atoms with Gasteiger partial charge in [0.25, 0.3) is 0 Å². The standard InChI is InChI=1S/C9H14N4O/c1-13-6-11-12-8(13)7(14)5-9(10)3-2-4-9/h6H,2-5,10H2,1H3. The lowest BCUT2D eigenvalue weighted by molar-refractivity contribution is 0.0898. The SMILES string of the molecule is Cn1cnnc1C(=O)CC1(N)CCC1. The first-order chi connectivity index (χ1) is 6.61. The lowest BCUT2D eigenvalue weighted by Gasteiger charge is -2.37. The van der Waals surface area contributed by atoms with Crippen molar-refractivity contribution in [3.8, 4) is 0 Å². The molecule has 5 nitrogen and oxygen atoms in total. The van der Waals surface area contributed by atoms with Gasteiger partial charge >= 0.3 is 0 Å². The number of aryl methyl sites for hydroxylation is 1. The second-order valence-corrected chi connectivity index (χ2v) is 4.08. The van der Waals surface area contributed by atoms with Crippen molar-refractivity contribution in [3.05, 3.63) is 12.2 Å². The third kappa shape index (κ3) is 1.55. The molecule has 0 radical (unpaired) electrons. The summed E-state index contributed by atoms with van der Waals surface area (Å²) < 4.78 is 1.63. The zero-order valence-corrected chi connectivity index (χ0v) is 8.23. The Balaban J connectivity index is 2.06. The highest BCUT2D eigenvalue weighted by molar-refractivity contribution is 5.93. The second-order valence-electron chi connectivity index (χ2n) is 4.08. The van der Waals surface area contributed by atoms with Crippen LogP contribution in [0.2, 0.25) is 0 Å². The number of carbonyl (C=O) groups is 1. The fraction of sp³-hybridized carbons (Fsp3) is 0.667. The van der Waals surface area contributed by atoms with Gasteiger partial charge in [0.05, 0.1) is 0 Å². The number of hydrogen-bond acceptors (Lipinski definition) is 4. The van der Waals surface area contributed by atoms with E-state index in [1.54, 1.807) is 11.6 Å². The maximum atomic E-state index is 11.7. The number of nitrogens with zero attached hydrogens (tertiary/aromatic N) is 3. The first-order valence-electron chi connectivity index (χ1n) is 4.77. The molecule has 1 aromatic rings. The number of hydrogen-bond donors (Lipinski definition) is 1. The Bertz CT molecular complexity index is 353. The fourth-order valence-electron chi connectivity index (χ4n) is 1.74. The van der Waals surface area contributed by atoms with Gasteiger partial charge in [0.2, 0.25) is 5.78 Å². The molecule has 76 valence electrons. The van der Waals surface area contributed by atoms with Crippen molar-refractivity contribution in [2.75, 3.05) is 0 Å². The molecule has 1 fully saturated rings. The summed E-state index contributed by atoms with van der Waals surface area (Å²) in [5, 5.41) is 7.43. The van der Waals surface area contributed by atoms with Crippen LogP contribution < -0.4 is 5.73 Å². The van der Waals surface area contributed by atoms with Crippen LogP contribution in [0.15, 0.2) is 6.33 Å². The molecule has 0 unspecified atom stereocenters. The van der Waals surface area contributed by atoms with Crippen LogP contribution in [0.4, 0.5) is 0 Å². The summed E-state index contributed by atoms with van der Waals surface area (Å²) in [4.78, 5) is 11.7. The molecule has 2 rings (SSSR count). The average molecular weight is 194 g/mol. The van der Waals surface area contributed by atoms with E-state index in [2.05, 4.69) is 10.2 Å². The third-order valence-electron chi connectivity index (χ3n) is 2.82. The van der Waals surface area contributed by atoms with Gasteiger partial charge in [-0.2, -0.15) is 0 Å². The summed E-state index contributed by atoms with van der Waals surface area (Å²) in [6.45, 7) is 0. The van der Waals surface area contributed by atoms with E-state index < -0.39 is 0 Å². The summed E-state index contributed by atoms with van der Waals surface area (Å²) in [6, 6.07) is 0. The normalized spacial score (nSPS) is 19.0. The molecule has 0 amide bonds. The summed E-state index contributed by atoms with van der Waals surface area (Å²) in [6.07, 6.45) is 4.92. The molecule has 1 aliphatic carbocycles. The molecule has 0 aromatic carbocycles. The smallest absolute Gasteiger partial charge is 0.202 e. The van der Waals surface area contributed by atoms with Gasteiger partial charge in [-0.1, -0.05) is 0 Å². The number of aromatic nitrogens is 3. The molecule has 0 aliphatic heterocycles. The minimum Gasteiger partial charge on any atom is -0.325 e. The highest BCUT2D eigenvalue weighted by Gasteiger charge is 2.35. The van der Waals surface area contributed by atoms with Crippen molar-refractivity contribution in [1.82, 2.24) is 14.8 Å². The van der Waals surface area contributed by atoms with E-state index in [1.165, 1.54) is 6.33 Å². The summed E-state index contributed by atoms with van der Waals surface area (Å²) >= 11 is 0. The van der Waals surface area contributed by atoms with Gasteiger partial charge in [-0.05, 0) is 19.3 Å². The molecule has 0 spiro atoms. The van der Waals surface area contributed by atoms with Crippen LogP contribution in [0.5, 0.6) is 0 Å². The highest BCUT2D eigenvalue weighted by Crippen LogP contribution is 2.32.